The molecule has 1 heterocycles. The molecule has 0 saturated carbocycles. The molecule has 0 aliphatic heterocycles. The summed E-state index contributed by atoms with van der Waals surface area (Å²) in [6, 6.07) is 21.4. The lowest BCUT2D eigenvalue weighted by Gasteiger charge is -2.08. The van der Waals surface area contributed by atoms with Crippen molar-refractivity contribution in [3.8, 4) is 5.75 Å². The first-order chi connectivity index (χ1) is 13.7. The molecule has 6 nitrogen and oxygen atoms in total. The van der Waals surface area contributed by atoms with Crippen molar-refractivity contribution in [2.45, 2.75) is 19.8 Å². The fourth-order valence-electron chi connectivity index (χ4n) is 2.61. The minimum atomic E-state index is -0.279. The largest absolute Gasteiger partial charge is 0.484 e. The topological polar surface area (TPSA) is 76.1 Å². The monoisotopic (exact) mass is 376 g/mol. The van der Waals surface area contributed by atoms with Crippen LogP contribution in [0.1, 0.15) is 17.5 Å². The number of rotatable bonds is 9. The lowest BCUT2D eigenvalue weighted by atomic mass is 10.1. The summed E-state index contributed by atoms with van der Waals surface area (Å²) >= 11 is 0. The van der Waals surface area contributed by atoms with Gasteiger partial charge in [0.25, 0.3) is 5.91 Å². The number of aryl methyl sites for hydroxylation is 2. The zero-order chi connectivity index (χ0) is 19.6. The Morgan fingerprint density at radius 2 is 1.64 bits per heavy atom. The van der Waals surface area contributed by atoms with Gasteiger partial charge in [-0.2, -0.15) is 0 Å². The van der Waals surface area contributed by atoms with Crippen molar-refractivity contribution in [1.29, 1.82) is 0 Å². The summed E-state index contributed by atoms with van der Waals surface area (Å²) in [5, 5.41) is 14.0. The summed E-state index contributed by atoms with van der Waals surface area (Å²) in [7, 11) is 0. The Kier molecular flexibility index (Phi) is 6.95. The predicted octanol–water partition coefficient (Wildman–Crippen LogP) is 3.85. The Labute approximate surface area is 165 Å². The molecule has 144 valence electrons. The highest BCUT2D eigenvalue weighted by Gasteiger charge is 2.05. The SMILES string of the molecule is Cc1ccc(OCC(=O)Nc2ccc(NCCCc3ccccc3)nn2)cc1. The molecule has 0 unspecified atom stereocenters. The molecule has 0 aliphatic rings. The summed E-state index contributed by atoms with van der Waals surface area (Å²) in [5.41, 5.74) is 2.46. The average molecular weight is 376 g/mol. The molecule has 3 rings (SSSR count). The number of hydrogen-bond donors (Lipinski definition) is 2. The van der Waals surface area contributed by atoms with Crippen molar-refractivity contribution in [3.05, 3.63) is 77.9 Å². The molecule has 0 saturated heterocycles. The Bertz CT molecular complexity index is 865. The van der Waals surface area contributed by atoms with Crippen molar-refractivity contribution in [2.24, 2.45) is 0 Å². The number of nitrogens with zero attached hydrogens (tertiary/aromatic N) is 2. The number of amides is 1. The number of aromatic nitrogens is 2. The standard InChI is InChI=1S/C22H24N4O2/c1-17-9-11-19(12-10-17)28-16-22(27)24-21-14-13-20(25-26-21)23-15-5-8-18-6-3-2-4-7-18/h2-4,6-7,9-14H,5,8,15-16H2,1H3,(H,23,25)(H,24,26,27). The van der Waals surface area contributed by atoms with E-state index in [1.807, 2.05) is 49.4 Å². The fourth-order valence-corrected chi connectivity index (χ4v) is 2.61. The van der Waals surface area contributed by atoms with Gasteiger partial charge in [-0.15, -0.1) is 10.2 Å². The van der Waals surface area contributed by atoms with Crippen LogP contribution in [0.5, 0.6) is 5.75 Å². The van der Waals surface area contributed by atoms with E-state index >= 15 is 0 Å². The normalized spacial score (nSPS) is 10.3. The third-order valence-electron chi connectivity index (χ3n) is 4.11. The van der Waals surface area contributed by atoms with Crippen molar-refractivity contribution >= 4 is 17.5 Å². The van der Waals surface area contributed by atoms with Crippen LogP contribution in [0.25, 0.3) is 0 Å². The van der Waals surface area contributed by atoms with E-state index in [0.717, 1.165) is 24.9 Å². The second-order valence-corrected chi connectivity index (χ2v) is 6.47. The van der Waals surface area contributed by atoms with Crippen LogP contribution in [-0.4, -0.2) is 29.3 Å². The quantitative estimate of drug-likeness (QED) is 0.555. The Hall–Kier alpha value is -3.41. The maximum absolute atomic E-state index is 12.0. The molecule has 2 aromatic carbocycles. The van der Waals surface area contributed by atoms with Crippen LogP contribution < -0.4 is 15.4 Å². The molecule has 0 bridgehead atoms. The summed E-state index contributed by atoms with van der Waals surface area (Å²) in [5.74, 6) is 1.45. The van der Waals surface area contributed by atoms with E-state index in [9.17, 15) is 4.79 Å². The summed E-state index contributed by atoms with van der Waals surface area (Å²) in [4.78, 5) is 12.0. The summed E-state index contributed by atoms with van der Waals surface area (Å²) in [6.07, 6.45) is 2.01. The van der Waals surface area contributed by atoms with E-state index in [2.05, 4.69) is 33.0 Å². The van der Waals surface area contributed by atoms with Crippen LogP contribution >= 0.6 is 0 Å². The van der Waals surface area contributed by atoms with Gasteiger partial charge in [-0.1, -0.05) is 48.0 Å². The van der Waals surface area contributed by atoms with Gasteiger partial charge in [-0.3, -0.25) is 4.79 Å². The van der Waals surface area contributed by atoms with Crippen molar-refractivity contribution in [2.75, 3.05) is 23.8 Å². The minimum Gasteiger partial charge on any atom is -0.484 e. The van der Waals surface area contributed by atoms with Gasteiger partial charge in [-0.25, -0.2) is 0 Å². The van der Waals surface area contributed by atoms with E-state index in [1.54, 1.807) is 12.1 Å². The number of carbonyl (C=O) groups excluding carboxylic acids is 1. The minimum absolute atomic E-state index is 0.0791. The zero-order valence-corrected chi connectivity index (χ0v) is 15.9. The van der Waals surface area contributed by atoms with Crippen molar-refractivity contribution in [3.63, 3.8) is 0 Å². The Balaban J connectivity index is 1.37. The molecule has 0 aliphatic carbocycles. The molecule has 3 aromatic rings. The maximum Gasteiger partial charge on any atom is 0.263 e. The molecule has 1 aromatic heterocycles. The molecular weight excluding hydrogens is 352 g/mol. The highest BCUT2D eigenvalue weighted by molar-refractivity contribution is 5.90. The van der Waals surface area contributed by atoms with Crippen LogP contribution in [0.4, 0.5) is 11.6 Å². The molecule has 2 N–H and O–H groups in total. The third kappa shape index (κ3) is 6.39. The van der Waals surface area contributed by atoms with E-state index < -0.39 is 0 Å². The molecule has 6 heteroatoms. The average Bonchev–Trinajstić information content (AvgIpc) is 2.73. The third-order valence-corrected chi connectivity index (χ3v) is 4.11. The molecule has 1 amide bonds. The number of anilines is 2. The predicted molar refractivity (Wildman–Crippen MR) is 111 cm³/mol. The zero-order valence-electron chi connectivity index (χ0n) is 15.9. The van der Waals surface area contributed by atoms with Crippen LogP contribution in [0.2, 0.25) is 0 Å². The van der Waals surface area contributed by atoms with E-state index in [-0.39, 0.29) is 12.5 Å². The second-order valence-electron chi connectivity index (χ2n) is 6.47. The molecule has 0 radical (unpaired) electrons. The molecule has 0 fully saturated rings. The van der Waals surface area contributed by atoms with Crippen LogP contribution in [0.3, 0.4) is 0 Å². The highest BCUT2D eigenvalue weighted by atomic mass is 16.5. The van der Waals surface area contributed by atoms with Gasteiger partial charge in [0.2, 0.25) is 0 Å². The van der Waals surface area contributed by atoms with Gasteiger partial charge in [0.1, 0.15) is 11.6 Å². The molecule has 0 atom stereocenters. The number of carbonyl (C=O) groups is 1. The smallest absolute Gasteiger partial charge is 0.263 e. The first kappa shape index (κ1) is 19.4. The lowest BCUT2D eigenvalue weighted by Crippen LogP contribution is -2.21. The number of hydrogen-bond acceptors (Lipinski definition) is 5. The Morgan fingerprint density at radius 3 is 2.36 bits per heavy atom. The van der Waals surface area contributed by atoms with Crippen LogP contribution in [0, 0.1) is 6.92 Å². The van der Waals surface area contributed by atoms with E-state index in [1.165, 1.54) is 5.56 Å². The molecular formula is C22H24N4O2. The van der Waals surface area contributed by atoms with Gasteiger partial charge >= 0.3 is 0 Å². The van der Waals surface area contributed by atoms with Gasteiger partial charge in [0.15, 0.2) is 12.4 Å². The first-order valence-corrected chi connectivity index (χ1v) is 9.30. The van der Waals surface area contributed by atoms with Crippen molar-refractivity contribution in [1.82, 2.24) is 10.2 Å². The summed E-state index contributed by atoms with van der Waals surface area (Å²) in [6.45, 7) is 2.72. The van der Waals surface area contributed by atoms with Gasteiger partial charge < -0.3 is 15.4 Å². The maximum atomic E-state index is 12.0. The van der Waals surface area contributed by atoms with E-state index in [4.69, 9.17) is 4.74 Å². The molecule has 28 heavy (non-hydrogen) atoms. The first-order valence-electron chi connectivity index (χ1n) is 9.30. The highest BCUT2D eigenvalue weighted by Crippen LogP contribution is 2.12. The second kappa shape index (κ2) is 10.1. The van der Waals surface area contributed by atoms with Gasteiger partial charge in [-0.05, 0) is 49.6 Å². The van der Waals surface area contributed by atoms with Gasteiger partial charge in [0, 0.05) is 6.54 Å². The van der Waals surface area contributed by atoms with Crippen molar-refractivity contribution < 1.29 is 9.53 Å². The number of nitrogens with one attached hydrogen (secondary N) is 2. The van der Waals surface area contributed by atoms with E-state index in [0.29, 0.717) is 17.4 Å². The lowest BCUT2D eigenvalue weighted by molar-refractivity contribution is -0.118. The molecule has 0 spiro atoms. The van der Waals surface area contributed by atoms with Crippen LogP contribution in [-0.2, 0) is 11.2 Å². The number of ether oxygens (including phenoxy) is 1. The fraction of sp³-hybridized carbons (Fsp3) is 0.227. The summed E-state index contributed by atoms with van der Waals surface area (Å²) < 4.78 is 5.45. The number of benzene rings is 2. The van der Waals surface area contributed by atoms with Crippen LogP contribution in [0.15, 0.2) is 66.7 Å². The van der Waals surface area contributed by atoms with Gasteiger partial charge in [0.05, 0.1) is 0 Å². The Morgan fingerprint density at radius 1 is 0.929 bits per heavy atom.